The molecule has 1 aromatic rings. The van der Waals surface area contributed by atoms with Crippen LogP contribution in [0.25, 0.3) is 6.08 Å². The summed E-state index contributed by atoms with van der Waals surface area (Å²) in [4.78, 5) is 36.1. The maximum Gasteiger partial charge on any atom is 0.266 e. The molecule has 0 saturated carbocycles. The van der Waals surface area contributed by atoms with E-state index in [4.69, 9.17) is 12.2 Å². The van der Waals surface area contributed by atoms with Gasteiger partial charge in [0.2, 0.25) is 0 Å². The molecule has 0 N–H and O–H groups in total. The average Bonchev–Trinajstić information content (AvgIpc) is 2.83. The number of amides is 1. The maximum atomic E-state index is 12.5. The molecule has 24 heavy (non-hydrogen) atoms. The van der Waals surface area contributed by atoms with E-state index in [-0.39, 0.29) is 10.7 Å². The van der Waals surface area contributed by atoms with Crippen LogP contribution in [0.15, 0.2) is 29.2 Å². The van der Waals surface area contributed by atoms with Crippen molar-refractivity contribution in [2.24, 2.45) is 0 Å². The zero-order valence-corrected chi connectivity index (χ0v) is 15.2. The molecule has 1 fully saturated rings. The highest BCUT2D eigenvalue weighted by Crippen LogP contribution is 2.34. The average molecular weight is 380 g/mol. The van der Waals surface area contributed by atoms with Gasteiger partial charge in [0.1, 0.15) is 10.6 Å². The van der Waals surface area contributed by atoms with Crippen molar-refractivity contribution in [3.8, 4) is 0 Å². The van der Waals surface area contributed by atoms with E-state index in [9.17, 15) is 19.5 Å². The van der Waals surface area contributed by atoms with Crippen LogP contribution in [-0.2, 0) is 9.59 Å². The first kappa shape index (κ1) is 18.7. The molecule has 0 aromatic heterocycles. The van der Waals surface area contributed by atoms with Crippen LogP contribution < -0.4 is 5.11 Å². The first-order chi connectivity index (χ1) is 11.5. The molecule has 126 valence electrons. The van der Waals surface area contributed by atoms with Crippen molar-refractivity contribution in [2.75, 3.05) is 12.0 Å². The lowest BCUT2D eigenvalue weighted by Gasteiger charge is -2.27. The van der Waals surface area contributed by atoms with Crippen molar-refractivity contribution in [1.82, 2.24) is 4.90 Å². The van der Waals surface area contributed by atoms with Gasteiger partial charge in [0.05, 0.1) is 16.9 Å². The van der Waals surface area contributed by atoms with Gasteiger partial charge >= 0.3 is 0 Å². The maximum absolute atomic E-state index is 12.5. The van der Waals surface area contributed by atoms with Gasteiger partial charge in [0.25, 0.3) is 5.91 Å². The molecule has 1 aromatic carbocycles. The van der Waals surface area contributed by atoms with Crippen molar-refractivity contribution >= 4 is 64.3 Å². The number of carbonyl (C=O) groups excluding carboxylic acids is 3. The van der Waals surface area contributed by atoms with Crippen molar-refractivity contribution < 1.29 is 19.5 Å². The van der Waals surface area contributed by atoms with Crippen LogP contribution in [0.3, 0.4) is 0 Å². The summed E-state index contributed by atoms with van der Waals surface area (Å²) in [5.41, 5.74) is 1.27. The van der Waals surface area contributed by atoms with Crippen LogP contribution in [0.2, 0.25) is 0 Å². The molecule has 1 saturated heterocycles. The molecule has 1 heterocycles. The number of carboxylic acid groups (broad SMARTS) is 1. The van der Waals surface area contributed by atoms with Gasteiger partial charge < -0.3 is 9.90 Å². The second kappa shape index (κ2) is 8.46. The Balaban J connectivity index is 2.24. The fraction of sp³-hybridized carbons (Fsp3) is 0.250. The van der Waals surface area contributed by atoms with Crippen LogP contribution in [0.4, 0.5) is 0 Å². The molecule has 0 aliphatic carbocycles. The van der Waals surface area contributed by atoms with E-state index in [1.54, 1.807) is 30.3 Å². The predicted octanol–water partition coefficient (Wildman–Crippen LogP) is 1.57. The fourth-order valence-electron chi connectivity index (χ4n) is 2.15. The zero-order chi connectivity index (χ0) is 17.7. The van der Waals surface area contributed by atoms with Gasteiger partial charge in [0.15, 0.2) is 0 Å². The number of hydrogen-bond donors (Lipinski definition) is 0. The van der Waals surface area contributed by atoms with Gasteiger partial charge in [-0.1, -0.05) is 48.2 Å². The van der Waals surface area contributed by atoms with E-state index < -0.39 is 17.9 Å². The third-order valence-electron chi connectivity index (χ3n) is 3.37. The highest BCUT2D eigenvalue weighted by molar-refractivity contribution is 8.26. The Bertz CT molecular complexity index is 700. The quantitative estimate of drug-likeness (QED) is 0.404. The minimum absolute atomic E-state index is 0.214. The Morgan fingerprint density at radius 2 is 2.00 bits per heavy atom. The number of benzene rings is 1. The van der Waals surface area contributed by atoms with E-state index in [1.807, 2.05) is 6.26 Å². The SMILES string of the molecule is CSCC[C@@H](C(=O)[O-])N1C(=O)/C(=C/c2ccc(C=O)cc2)SC1=S. The van der Waals surface area contributed by atoms with E-state index >= 15 is 0 Å². The topological polar surface area (TPSA) is 77.5 Å². The molecule has 0 radical (unpaired) electrons. The van der Waals surface area contributed by atoms with E-state index in [2.05, 4.69) is 0 Å². The van der Waals surface area contributed by atoms with Gasteiger partial charge in [-0.3, -0.25) is 14.5 Å². The molecule has 0 unspecified atom stereocenters. The molecule has 8 heteroatoms. The summed E-state index contributed by atoms with van der Waals surface area (Å²) in [7, 11) is 0. The first-order valence-corrected chi connectivity index (χ1v) is 9.62. The van der Waals surface area contributed by atoms with Crippen LogP contribution >= 0.6 is 35.7 Å². The standard InChI is InChI=1S/C16H15NO4S3/c1-23-7-6-12(15(20)21)17-14(19)13(24-16(17)22)8-10-2-4-11(9-18)5-3-10/h2-5,8-9,12H,6-7H2,1H3,(H,20,21)/p-1/b13-8-/t12-/m0/s1. The van der Waals surface area contributed by atoms with E-state index in [0.717, 1.165) is 28.5 Å². The van der Waals surface area contributed by atoms with Crippen molar-refractivity contribution in [2.45, 2.75) is 12.5 Å². The minimum Gasteiger partial charge on any atom is -0.548 e. The smallest absolute Gasteiger partial charge is 0.266 e. The highest BCUT2D eigenvalue weighted by atomic mass is 32.2. The second-order valence-electron chi connectivity index (χ2n) is 4.95. The third kappa shape index (κ3) is 4.25. The number of thiocarbonyl (C=S) groups is 1. The normalized spacial score (nSPS) is 17.4. The van der Waals surface area contributed by atoms with Crippen molar-refractivity contribution in [3.63, 3.8) is 0 Å². The van der Waals surface area contributed by atoms with Gasteiger partial charge in [-0.25, -0.2) is 0 Å². The number of aliphatic carboxylic acids is 1. The van der Waals surface area contributed by atoms with E-state index in [1.165, 1.54) is 11.8 Å². The molecule has 5 nitrogen and oxygen atoms in total. The first-order valence-electron chi connectivity index (χ1n) is 7.00. The monoisotopic (exact) mass is 380 g/mol. The number of thioether (sulfide) groups is 2. The Morgan fingerprint density at radius 1 is 1.38 bits per heavy atom. The summed E-state index contributed by atoms with van der Waals surface area (Å²) in [5, 5.41) is 11.4. The van der Waals surface area contributed by atoms with Gasteiger partial charge in [0, 0.05) is 5.56 Å². The Hall–Kier alpha value is -1.64. The lowest BCUT2D eigenvalue weighted by Crippen LogP contribution is -2.50. The van der Waals surface area contributed by atoms with Crippen LogP contribution in [0.5, 0.6) is 0 Å². The van der Waals surface area contributed by atoms with Crippen LogP contribution in [-0.4, -0.2) is 45.4 Å². The summed E-state index contributed by atoms with van der Waals surface area (Å²) in [5.74, 6) is -1.15. The Labute approximate surface area is 153 Å². The second-order valence-corrected chi connectivity index (χ2v) is 7.61. The molecule has 1 aliphatic rings. The van der Waals surface area contributed by atoms with Gasteiger partial charge in [-0.15, -0.1) is 0 Å². The minimum atomic E-state index is -1.31. The third-order valence-corrected chi connectivity index (χ3v) is 5.35. The predicted molar refractivity (Wildman–Crippen MR) is 98.6 cm³/mol. The molecule has 1 amide bonds. The van der Waals surface area contributed by atoms with E-state index in [0.29, 0.717) is 16.2 Å². The number of carboxylic acids is 1. The number of nitrogens with zero attached hydrogens (tertiary/aromatic N) is 1. The number of carbonyl (C=O) groups is 3. The molecule has 0 bridgehead atoms. The summed E-state index contributed by atoms with van der Waals surface area (Å²) >= 11 is 7.74. The molecule has 2 rings (SSSR count). The zero-order valence-electron chi connectivity index (χ0n) is 12.8. The Morgan fingerprint density at radius 3 is 2.54 bits per heavy atom. The summed E-state index contributed by atoms with van der Waals surface area (Å²) < 4.78 is 0.214. The lowest BCUT2D eigenvalue weighted by atomic mass is 10.1. The molecule has 0 spiro atoms. The lowest BCUT2D eigenvalue weighted by molar-refractivity contribution is -0.310. The fourth-order valence-corrected chi connectivity index (χ4v) is 3.97. The number of hydrogen-bond acceptors (Lipinski definition) is 7. The molecule has 1 aliphatic heterocycles. The van der Waals surface area contributed by atoms with Crippen molar-refractivity contribution in [3.05, 3.63) is 40.3 Å². The van der Waals surface area contributed by atoms with Gasteiger partial charge in [-0.2, -0.15) is 11.8 Å². The van der Waals surface area contributed by atoms with Crippen LogP contribution in [0, 0.1) is 0 Å². The largest absolute Gasteiger partial charge is 0.548 e. The summed E-state index contributed by atoms with van der Waals surface area (Å²) in [6.45, 7) is 0. The molecule has 1 atom stereocenters. The van der Waals surface area contributed by atoms with Crippen LogP contribution in [0.1, 0.15) is 22.3 Å². The van der Waals surface area contributed by atoms with Crippen molar-refractivity contribution in [1.29, 1.82) is 0 Å². The van der Waals surface area contributed by atoms with Gasteiger partial charge in [-0.05, 0) is 30.1 Å². The number of rotatable bonds is 7. The number of aldehydes is 1. The molecular formula is C16H14NO4S3-. The summed E-state index contributed by atoms with van der Waals surface area (Å²) in [6.07, 6.45) is 4.50. The Kier molecular flexibility index (Phi) is 6.59. The summed E-state index contributed by atoms with van der Waals surface area (Å²) in [6, 6.07) is 5.64. The molecular weight excluding hydrogens is 366 g/mol. The highest BCUT2D eigenvalue weighted by Gasteiger charge is 2.37.